The maximum absolute atomic E-state index is 12.7. The Morgan fingerprint density at radius 2 is 1.81 bits per heavy atom. The van der Waals surface area contributed by atoms with Crippen LogP contribution in [0, 0.1) is 10.1 Å². The molecule has 2 aromatic carbocycles. The van der Waals surface area contributed by atoms with Gasteiger partial charge in [-0.3, -0.25) is 14.9 Å². The molecule has 0 aliphatic carbocycles. The van der Waals surface area contributed by atoms with Crippen LogP contribution in [0.5, 0.6) is 5.75 Å². The Bertz CT molecular complexity index is 883. The number of nitro groups is 1. The van der Waals surface area contributed by atoms with E-state index in [0.29, 0.717) is 53.2 Å². The van der Waals surface area contributed by atoms with E-state index in [2.05, 4.69) is 0 Å². The van der Waals surface area contributed by atoms with Crippen LogP contribution in [0.3, 0.4) is 0 Å². The van der Waals surface area contributed by atoms with Gasteiger partial charge in [0.05, 0.1) is 22.1 Å². The highest BCUT2D eigenvalue weighted by atomic mass is 35.5. The fourth-order valence-electron chi connectivity index (χ4n) is 3.08. The van der Waals surface area contributed by atoms with Gasteiger partial charge < -0.3 is 14.5 Å². The first-order valence-corrected chi connectivity index (χ1v) is 8.98. The van der Waals surface area contributed by atoms with Crippen molar-refractivity contribution in [2.24, 2.45) is 0 Å². The van der Waals surface area contributed by atoms with Crippen molar-refractivity contribution >= 4 is 40.5 Å². The molecule has 0 atom stereocenters. The summed E-state index contributed by atoms with van der Waals surface area (Å²) in [5.74, 6) is 0.358. The first-order chi connectivity index (χ1) is 12.9. The van der Waals surface area contributed by atoms with Crippen LogP contribution in [0.25, 0.3) is 0 Å². The van der Waals surface area contributed by atoms with Gasteiger partial charge in [-0.1, -0.05) is 29.3 Å². The van der Waals surface area contributed by atoms with E-state index in [4.69, 9.17) is 27.9 Å². The summed E-state index contributed by atoms with van der Waals surface area (Å²) in [5.41, 5.74) is 0.825. The third kappa shape index (κ3) is 3.94. The standard InChI is InChI=1S/C18H17Cl2N3O4/c1-27-16-6-5-12(11-14(16)20)18(24)22-9-7-21(8-10-22)17-13(19)3-2-4-15(17)23(25)26/h2-6,11H,7-10H2,1H3. The highest BCUT2D eigenvalue weighted by Crippen LogP contribution is 2.36. The van der Waals surface area contributed by atoms with Crippen LogP contribution < -0.4 is 9.64 Å². The first-order valence-electron chi connectivity index (χ1n) is 8.23. The Labute approximate surface area is 166 Å². The third-order valence-electron chi connectivity index (χ3n) is 4.44. The Balaban J connectivity index is 1.73. The third-order valence-corrected chi connectivity index (χ3v) is 5.04. The number of carbonyl (C=O) groups excluding carboxylic acids is 1. The van der Waals surface area contributed by atoms with E-state index in [1.807, 2.05) is 4.90 Å². The van der Waals surface area contributed by atoms with Crippen LogP contribution in [-0.4, -0.2) is 49.0 Å². The van der Waals surface area contributed by atoms with Crippen LogP contribution in [-0.2, 0) is 0 Å². The topological polar surface area (TPSA) is 75.9 Å². The van der Waals surface area contributed by atoms with Crippen LogP contribution in [0.2, 0.25) is 10.0 Å². The molecule has 1 aliphatic heterocycles. The minimum atomic E-state index is -0.446. The minimum absolute atomic E-state index is 0.0378. The molecule has 0 saturated carbocycles. The summed E-state index contributed by atoms with van der Waals surface area (Å²) in [6, 6.07) is 9.50. The van der Waals surface area contributed by atoms with Gasteiger partial charge in [-0.05, 0) is 24.3 Å². The van der Waals surface area contributed by atoms with E-state index < -0.39 is 4.92 Å². The molecule has 1 heterocycles. The molecule has 1 saturated heterocycles. The molecular weight excluding hydrogens is 393 g/mol. The molecule has 0 bridgehead atoms. The molecule has 0 aromatic heterocycles. The van der Waals surface area contributed by atoms with Gasteiger partial charge in [0.15, 0.2) is 0 Å². The second-order valence-corrected chi connectivity index (χ2v) is 6.81. The van der Waals surface area contributed by atoms with Gasteiger partial charge in [0.1, 0.15) is 11.4 Å². The molecule has 1 fully saturated rings. The van der Waals surface area contributed by atoms with Crippen molar-refractivity contribution in [1.82, 2.24) is 4.90 Å². The molecular formula is C18H17Cl2N3O4. The number of nitrogens with zero attached hydrogens (tertiary/aromatic N) is 3. The van der Waals surface area contributed by atoms with Crippen molar-refractivity contribution < 1.29 is 14.5 Å². The number of benzene rings is 2. The van der Waals surface area contributed by atoms with Crippen molar-refractivity contribution in [1.29, 1.82) is 0 Å². The maximum atomic E-state index is 12.7. The molecule has 7 nitrogen and oxygen atoms in total. The smallest absolute Gasteiger partial charge is 0.294 e. The summed E-state index contributed by atoms with van der Waals surface area (Å²) >= 11 is 12.3. The predicted octanol–water partition coefficient (Wildman–Crippen LogP) is 3.87. The quantitative estimate of drug-likeness (QED) is 0.565. The Morgan fingerprint density at radius 1 is 1.11 bits per heavy atom. The summed E-state index contributed by atoms with van der Waals surface area (Å²) < 4.78 is 5.10. The molecule has 0 unspecified atom stereocenters. The fraction of sp³-hybridized carbons (Fsp3) is 0.278. The summed E-state index contributed by atoms with van der Waals surface area (Å²) in [6.45, 7) is 1.73. The number of halogens is 2. The largest absolute Gasteiger partial charge is 0.495 e. The Morgan fingerprint density at radius 3 is 2.41 bits per heavy atom. The lowest BCUT2D eigenvalue weighted by molar-refractivity contribution is -0.384. The molecule has 1 amide bonds. The van der Waals surface area contributed by atoms with Crippen LogP contribution in [0.15, 0.2) is 36.4 Å². The van der Waals surface area contributed by atoms with E-state index in [-0.39, 0.29) is 11.6 Å². The van der Waals surface area contributed by atoms with Gasteiger partial charge in [0, 0.05) is 37.8 Å². The van der Waals surface area contributed by atoms with Crippen LogP contribution in [0.4, 0.5) is 11.4 Å². The van der Waals surface area contributed by atoms with E-state index in [1.54, 1.807) is 35.2 Å². The van der Waals surface area contributed by atoms with E-state index in [9.17, 15) is 14.9 Å². The molecule has 0 radical (unpaired) electrons. The van der Waals surface area contributed by atoms with Crippen LogP contribution in [0.1, 0.15) is 10.4 Å². The van der Waals surface area contributed by atoms with Crippen molar-refractivity contribution in [2.75, 3.05) is 38.2 Å². The number of methoxy groups -OCH3 is 1. The molecule has 0 spiro atoms. The van der Waals surface area contributed by atoms with Crippen molar-refractivity contribution in [3.63, 3.8) is 0 Å². The number of nitro benzene ring substituents is 1. The average Bonchev–Trinajstić information content (AvgIpc) is 2.67. The van der Waals surface area contributed by atoms with E-state index >= 15 is 0 Å². The van der Waals surface area contributed by atoms with Gasteiger partial charge in [0.25, 0.3) is 11.6 Å². The number of para-hydroxylation sites is 1. The van der Waals surface area contributed by atoms with E-state index in [0.717, 1.165) is 0 Å². The number of hydrogen-bond donors (Lipinski definition) is 0. The molecule has 0 N–H and O–H groups in total. The molecule has 142 valence electrons. The average molecular weight is 410 g/mol. The number of amides is 1. The highest BCUT2D eigenvalue weighted by molar-refractivity contribution is 6.34. The number of carbonyl (C=O) groups is 1. The highest BCUT2D eigenvalue weighted by Gasteiger charge is 2.28. The number of hydrogen-bond acceptors (Lipinski definition) is 5. The maximum Gasteiger partial charge on any atom is 0.294 e. The van der Waals surface area contributed by atoms with Gasteiger partial charge in [-0.2, -0.15) is 0 Å². The minimum Gasteiger partial charge on any atom is -0.495 e. The summed E-state index contributed by atoms with van der Waals surface area (Å²) in [7, 11) is 1.51. The van der Waals surface area contributed by atoms with Gasteiger partial charge >= 0.3 is 0 Å². The van der Waals surface area contributed by atoms with Gasteiger partial charge in [-0.25, -0.2) is 0 Å². The number of piperazine rings is 1. The fourth-order valence-corrected chi connectivity index (χ4v) is 3.63. The molecule has 3 rings (SSSR count). The molecule has 27 heavy (non-hydrogen) atoms. The van der Waals surface area contributed by atoms with E-state index in [1.165, 1.54) is 13.2 Å². The lowest BCUT2D eigenvalue weighted by atomic mass is 10.1. The number of ether oxygens (including phenoxy) is 1. The van der Waals surface area contributed by atoms with Gasteiger partial charge in [0.2, 0.25) is 0 Å². The summed E-state index contributed by atoms with van der Waals surface area (Å²) in [4.78, 5) is 27.1. The number of rotatable bonds is 4. The Hall–Kier alpha value is -2.51. The SMILES string of the molecule is COc1ccc(C(=O)N2CCN(c3c(Cl)cccc3[N+](=O)[O-])CC2)cc1Cl. The zero-order chi connectivity index (χ0) is 19.6. The normalized spacial score (nSPS) is 14.2. The second-order valence-electron chi connectivity index (χ2n) is 5.99. The van der Waals surface area contributed by atoms with Gasteiger partial charge in [-0.15, -0.1) is 0 Å². The summed E-state index contributed by atoms with van der Waals surface area (Å²) in [5, 5.41) is 12.0. The molecule has 9 heteroatoms. The molecule has 2 aromatic rings. The lowest BCUT2D eigenvalue weighted by Crippen LogP contribution is -2.49. The van der Waals surface area contributed by atoms with Crippen molar-refractivity contribution in [2.45, 2.75) is 0 Å². The zero-order valence-corrected chi connectivity index (χ0v) is 16.0. The van der Waals surface area contributed by atoms with Crippen LogP contribution >= 0.6 is 23.2 Å². The lowest BCUT2D eigenvalue weighted by Gasteiger charge is -2.36. The summed E-state index contributed by atoms with van der Waals surface area (Å²) in [6.07, 6.45) is 0. The molecule has 1 aliphatic rings. The van der Waals surface area contributed by atoms with Crippen molar-refractivity contribution in [3.05, 3.63) is 62.1 Å². The second kappa shape index (κ2) is 8.02. The Kier molecular flexibility index (Phi) is 5.72. The first kappa shape index (κ1) is 19.3. The zero-order valence-electron chi connectivity index (χ0n) is 14.5. The monoisotopic (exact) mass is 409 g/mol. The predicted molar refractivity (Wildman–Crippen MR) is 104 cm³/mol. The van der Waals surface area contributed by atoms with Crippen molar-refractivity contribution in [3.8, 4) is 5.75 Å². The number of anilines is 1.